The molecule has 324 valence electrons. The number of aromatic hydroxyl groups is 2. The van der Waals surface area contributed by atoms with Crippen LogP contribution in [-0.2, 0) is 10.8 Å². The number of phenolic OH excluding ortho intramolecular Hbond substituents is 2. The number of aryl methyl sites for hydroxylation is 1. The van der Waals surface area contributed by atoms with E-state index < -0.39 is 86.9 Å². The van der Waals surface area contributed by atoms with E-state index in [0.717, 1.165) is 6.07 Å². The van der Waals surface area contributed by atoms with Crippen LogP contribution in [-0.4, -0.2) is 53.8 Å². The summed E-state index contributed by atoms with van der Waals surface area (Å²) in [6.45, 7) is 1.27. The van der Waals surface area contributed by atoms with Crippen LogP contribution in [0.15, 0.2) is 103 Å². The van der Waals surface area contributed by atoms with E-state index in [1.54, 1.807) is 0 Å². The predicted octanol–water partition coefficient (Wildman–Crippen LogP) is 11.5. The smallest absolute Gasteiger partial charge is 0.411 e. The molecule has 61 heavy (non-hydrogen) atoms. The first kappa shape index (κ1) is 45.5. The lowest BCUT2D eigenvalue weighted by atomic mass is 9.72. The molecule has 0 unspecified atom stereocenters. The third-order valence-corrected chi connectivity index (χ3v) is 9.89. The van der Waals surface area contributed by atoms with Gasteiger partial charge in [0.1, 0.15) is 23.0 Å². The van der Waals surface area contributed by atoms with E-state index >= 15 is 0 Å². The SMILES string of the molecule is CNc1cc(C(c2ccc(C)c(NC(=O)c3ccc(Oc4ccc(C(=O)Nc5cc(C(C)(C(F)(F)F)C(F)(F)F)ccc5O)cc4)cc3)c2)(C(F)(F)F)C(F)(F)F)ccc1O. The van der Waals surface area contributed by atoms with Crippen molar-refractivity contribution < 1.29 is 77.2 Å². The number of benzene rings is 5. The molecular weight excluding hydrogens is 842 g/mol. The third-order valence-electron chi connectivity index (χ3n) is 9.89. The molecule has 0 fully saturated rings. The summed E-state index contributed by atoms with van der Waals surface area (Å²) < 4.78 is 176. The van der Waals surface area contributed by atoms with Gasteiger partial charge in [0.25, 0.3) is 11.8 Å². The lowest BCUT2D eigenvalue weighted by Gasteiger charge is -2.38. The van der Waals surface area contributed by atoms with E-state index in [9.17, 15) is 72.5 Å². The van der Waals surface area contributed by atoms with Crippen molar-refractivity contribution in [2.24, 2.45) is 0 Å². The number of amides is 2. The van der Waals surface area contributed by atoms with Crippen molar-refractivity contribution in [3.63, 3.8) is 0 Å². The third kappa shape index (κ3) is 8.56. The number of anilines is 3. The number of phenols is 2. The number of hydrogen-bond acceptors (Lipinski definition) is 6. The van der Waals surface area contributed by atoms with Crippen LogP contribution in [0.4, 0.5) is 69.7 Å². The van der Waals surface area contributed by atoms with Crippen molar-refractivity contribution in [2.75, 3.05) is 23.0 Å². The molecule has 0 aliphatic rings. The average molecular weight is 874 g/mol. The molecule has 8 nitrogen and oxygen atoms in total. The van der Waals surface area contributed by atoms with E-state index in [0.29, 0.717) is 48.5 Å². The van der Waals surface area contributed by atoms with Gasteiger partial charge in [0.15, 0.2) is 5.41 Å². The second kappa shape index (κ2) is 16.1. The molecule has 2 amide bonds. The lowest BCUT2D eigenvalue weighted by molar-refractivity contribution is -0.297. The van der Waals surface area contributed by atoms with Gasteiger partial charge < -0.3 is 30.9 Å². The first-order valence-corrected chi connectivity index (χ1v) is 17.4. The van der Waals surface area contributed by atoms with Crippen LogP contribution in [0.5, 0.6) is 23.0 Å². The number of hydrogen-bond donors (Lipinski definition) is 5. The Bertz CT molecular complexity index is 2400. The summed E-state index contributed by atoms with van der Waals surface area (Å²) in [6, 6.07) is 15.2. The van der Waals surface area contributed by atoms with E-state index in [-0.39, 0.29) is 40.8 Å². The second-order valence-corrected chi connectivity index (χ2v) is 13.7. The van der Waals surface area contributed by atoms with Gasteiger partial charge in [0, 0.05) is 23.9 Å². The zero-order valence-electron chi connectivity index (χ0n) is 31.5. The predicted molar refractivity (Wildman–Crippen MR) is 198 cm³/mol. The molecule has 0 bridgehead atoms. The Labute approximate surface area is 337 Å². The topological polar surface area (TPSA) is 120 Å². The van der Waals surface area contributed by atoms with Crippen LogP contribution in [0, 0.1) is 6.92 Å². The van der Waals surface area contributed by atoms with E-state index in [1.165, 1.54) is 62.5 Å². The molecule has 5 rings (SSSR count). The summed E-state index contributed by atoms with van der Waals surface area (Å²) in [7, 11) is 1.19. The molecule has 0 saturated heterocycles. The highest BCUT2D eigenvalue weighted by Gasteiger charge is 2.73. The summed E-state index contributed by atoms with van der Waals surface area (Å²) >= 11 is 0. The summed E-state index contributed by atoms with van der Waals surface area (Å²) in [6.07, 6.45) is -23.5. The number of ether oxygens (including phenoxy) is 1. The van der Waals surface area contributed by atoms with Gasteiger partial charge in [-0.05, 0) is 115 Å². The highest BCUT2D eigenvalue weighted by molar-refractivity contribution is 6.05. The minimum Gasteiger partial charge on any atom is -0.506 e. The van der Waals surface area contributed by atoms with E-state index in [1.807, 2.05) is 0 Å². The Morgan fingerprint density at radius 3 is 1.31 bits per heavy atom. The molecule has 5 aromatic rings. The molecule has 5 aromatic carbocycles. The highest BCUT2D eigenvalue weighted by Crippen LogP contribution is 2.57. The summed E-state index contributed by atoms with van der Waals surface area (Å²) in [4.78, 5) is 26.0. The largest absolute Gasteiger partial charge is 0.506 e. The van der Waals surface area contributed by atoms with Crippen LogP contribution in [0.25, 0.3) is 0 Å². The van der Waals surface area contributed by atoms with Gasteiger partial charge in [-0.1, -0.05) is 24.3 Å². The maximum atomic E-state index is 14.8. The fourth-order valence-corrected chi connectivity index (χ4v) is 6.25. The Kier molecular flexibility index (Phi) is 12.0. The van der Waals surface area contributed by atoms with Crippen molar-refractivity contribution in [1.82, 2.24) is 0 Å². The number of nitrogens with one attached hydrogen (secondary N) is 3. The molecule has 0 aromatic heterocycles. The van der Waals surface area contributed by atoms with Crippen molar-refractivity contribution in [3.05, 3.63) is 137 Å². The zero-order chi connectivity index (χ0) is 45.5. The Morgan fingerprint density at radius 1 is 0.508 bits per heavy atom. The number of halogens is 12. The summed E-state index contributed by atoms with van der Waals surface area (Å²) in [5.74, 6) is -3.17. The van der Waals surface area contributed by atoms with Crippen molar-refractivity contribution >= 4 is 28.9 Å². The quantitative estimate of drug-likeness (QED) is 0.0704. The number of alkyl halides is 12. The zero-order valence-corrected chi connectivity index (χ0v) is 31.5. The molecule has 0 atom stereocenters. The van der Waals surface area contributed by atoms with Crippen LogP contribution in [0.1, 0.15) is 49.9 Å². The number of carbonyl (C=O) groups excluding carboxylic acids is 2. The number of rotatable bonds is 10. The maximum absolute atomic E-state index is 14.8. The molecule has 0 aliphatic heterocycles. The summed E-state index contributed by atoms with van der Waals surface area (Å²) in [5.41, 5.74) is -14.4. The molecule has 0 aliphatic carbocycles. The Balaban J connectivity index is 1.32. The molecule has 0 saturated carbocycles. The molecule has 0 heterocycles. The van der Waals surface area contributed by atoms with Crippen LogP contribution >= 0.6 is 0 Å². The first-order chi connectivity index (χ1) is 28.1. The monoisotopic (exact) mass is 873 g/mol. The second-order valence-electron chi connectivity index (χ2n) is 13.7. The average Bonchev–Trinajstić information content (AvgIpc) is 3.16. The first-order valence-electron chi connectivity index (χ1n) is 17.4. The molecule has 20 heteroatoms. The minimum absolute atomic E-state index is 0.0782. The van der Waals surface area contributed by atoms with Crippen LogP contribution in [0.2, 0.25) is 0 Å². The molecule has 0 spiro atoms. The van der Waals surface area contributed by atoms with Gasteiger partial charge in [-0.3, -0.25) is 9.59 Å². The van der Waals surface area contributed by atoms with E-state index in [4.69, 9.17) is 4.74 Å². The van der Waals surface area contributed by atoms with Crippen molar-refractivity contribution in [3.8, 4) is 23.0 Å². The minimum atomic E-state index is -5.96. The molecular formula is C41H31F12N3O5. The fraction of sp³-hybridized carbons (Fsp3) is 0.220. The molecule has 0 radical (unpaired) electrons. The van der Waals surface area contributed by atoms with Crippen LogP contribution < -0.4 is 20.7 Å². The maximum Gasteiger partial charge on any atom is 0.411 e. The van der Waals surface area contributed by atoms with Crippen LogP contribution in [0.3, 0.4) is 0 Å². The Hall–Kier alpha value is -6.60. The highest BCUT2D eigenvalue weighted by atomic mass is 19.4. The van der Waals surface area contributed by atoms with Crippen molar-refractivity contribution in [2.45, 2.75) is 49.4 Å². The van der Waals surface area contributed by atoms with Gasteiger partial charge in [-0.2, -0.15) is 52.7 Å². The van der Waals surface area contributed by atoms with Gasteiger partial charge in [0.2, 0.25) is 5.41 Å². The Morgan fingerprint density at radius 2 is 0.885 bits per heavy atom. The fourth-order valence-electron chi connectivity index (χ4n) is 6.25. The molecule has 5 N–H and O–H groups in total. The lowest BCUT2D eigenvalue weighted by Crippen LogP contribution is -2.54. The van der Waals surface area contributed by atoms with Crippen molar-refractivity contribution in [1.29, 1.82) is 0 Å². The standard InChI is InChI=1S/C41H31F12N3O5/c1-21-4-9-25(37(40(48,49)50,41(51,52)53)26-11-17-32(57)30(20-26)54-3)19-29(21)55-34(59)22-5-12-27(13-6-22)61-28-14-7-23(8-15-28)35(60)56-31-18-24(10-16-33(31)58)36(2,38(42,43)44)39(45,46)47/h4-20,54,57-58H,1-3H3,(H,55,59)(H,56,60). The number of carbonyl (C=O) groups is 2. The van der Waals surface area contributed by atoms with Gasteiger partial charge in [0.05, 0.1) is 11.4 Å². The van der Waals surface area contributed by atoms with Gasteiger partial charge >= 0.3 is 24.7 Å². The van der Waals surface area contributed by atoms with E-state index in [2.05, 4.69) is 16.0 Å². The normalized spacial score (nSPS) is 12.8. The van der Waals surface area contributed by atoms with Gasteiger partial charge in [-0.25, -0.2) is 0 Å². The van der Waals surface area contributed by atoms with Gasteiger partial charge in [-0.15, -0.1) is 0 Å². The summed E-state index contributed by atoms with van der Waals surface area (Å²) in [5, 5.41) is 26.8.